The quantitative estimate of drug-likeness (QED) is 0.759. The zero-order valence-electron chi connectivity index (χ0n) is 16.6. The Morgan fingerprint density at radius 2 is 2.07 bits per heavy atom. The number of carbonyl (C=O) groups is 1. The Labute approximate surface area is 166 Å². The van der Waals surface area contributed by atoms with Crippen LogP contribution in [-0.4, -0.2) is 48.6 Å². The van der Waals surface area contributed by atoms with Gasteiger partial charge >= 0.3 is 0 Å². The number of nitrogens with zero attached hydrogens (tertiary/aromatic N) is 2. The van der Waals surface area contributed by atoms with Gasteiger partial charge in [-0.15, -0.1) is 0 Å². The number of piperidine rings is 1. The molecule has 0 radical (unpaired) electrons. The Kier molecular flexibility index (Phi) is 7.25. The highest BCUT2D eigenvalue weighted by atomic mass is 16.5. The molecule has 150 valence electrons. The summed E-state index contributed by atoms with van der Waals surface area (Å²) in [6, 6.07) is 13.3. The van der Waals surface area contributed by atoms with E-state index >= 15 is 0 Å². The summed E-state index contributed by atoms with van der Waals surface area (Å²) < 4.78 is 11.0. The lowest BCUT2D eigenvalue weighted by Crippen LogP contribution is -2.48. The molecule has 1 unspecified atom stereocenters. The summed E-state index contributed by atoms with van der Waals surface area (Å²) >= 11 is 0. The average Bonchev–Trinajstić information content (AvgIpc) is 2.76. The Morgan fingerprint density at radius 1 is 1.25 bits per heavy atom. The van der Waals surface area contributed by atoms with Gasteiger partial charge in [-0.05, 0) is 62.5 Å². The summed E-state index contributed by atoms with van der Waals surface area (Å²) in [5.41, 5.74) is 1.03. The van der Waals surface area contributed by atoms with E-state index in [1.165, 1.54) is 0 Å². The number of rotatable bonds is 8. The fraction of sp³-hybridized carbons (Fsp3) is 0.455. The summed E-state index contributed by atoms with van der Waals surface area (Å²) in [6.45, 7) is 4.98. The molecule has 1 N–H and O–H groups in total. The van der Waals surface area contributed by atoms with Gasteiger partial charge in [-0.3, -0.25) is 9.69 Å². The molecular weight excluding hydrogens is 354 g/mol. The highest BCUT2D eigenvalue weighted by molar-refractivity contribution is 5.81. The molecule has 1 aromatic heterocycles. The zero-order chi connectivity index (χ0) is 19.8. The minimum atomic E-state index is -0.136. The monoisotopic (exact) mass is 383 g/mol. The van der Waals surface area contributed by atoms with Crippen molar-refractivity contribution in [1.82, 2.24) is 15.2 Å². The first-order valence-corrected chi connectivity index (χ1v) is 9.84. The molecule has 1 aliphatic rings. The number of methoxy groups -OCH3 is 1. The number of hydrogen-bond donors (Lipinski definition) is 1. The van der Waals surface area contributed by atoms with Gasteiger partial charge < -0.3 is 14.8 Å². The normalized spacial score (nSPS) is 16.4. The minimum absolute atomic E-state index is 0.0611. The van der Waals surface area contributed by atoms with Crippen LogP contribution in [-0.2, 0) is 11.3 Å². The molecule has 1 amide bonds. The molecule has 2 aromatic rings. The van der Waals surface area contributed by atoms with Crippen molar-refractivity contribution in [3.8, 4) is 11.6 Å². The molecule has 28 heavy (non-hydrogen) atoms. The van der Waals surface area contributed by atoms with E-state index in [1.54, 1.807) is 13.3 Å². The number of hydrogen-bond acceptors (Lipinski definition) is 5. The van der Waals surface area contributed by atoms with E-state index < -0.39 is 0 Å². The molecular formula is C22H29N3O3. The predicted octanol–water partition coefficient (Wildman–Crippen LogP) is 2.89. The third-order valence-corrected chi connectivity index (χ3v) is 5.28. The van der Waals surface area contributed by atoms with Gasteiger partial charge in [0.2, 0.25) is 11.8 Å². The molecule has 2 heterocycles. The zero-order valence-corrected chi connectivity index (χ0v) is 16.6. The summed E-state index contributed by atoms with van der Waals surface area (Å²) in [6.07, 6.45) is 3.80. The molecule has 1 atom stereocenters. The van der Waals surface area contributed by atoms with Gasteiger partial charge in [0.15, 0.2) is 0 Å². The Bertz CT molecular complexity index is 746. The standard InChI is InChI=1S/C22H29N3O3/c1-17(22(26)24-15-19-6-5-7-20(14-19)27-2)25-12-9-18(10-13-25)16-28-21-8-3-4-11-23-21/h3-8,11,14,17-18H,9-10,12-13,15-16H2,1-2H3,(H,24,26). The average molecular weight is 383 g/mol. The van der Waals surface area contributed by atoms with Crippen LogP contribution < -0.4 is 14.8 Å². The Balaban J connectivity index is 1.40. The van der Waals surface area contributed by atoms with E-state index in [-0.39, 0.29) is 11.9 Å². The van der Waals surface area contributed by atoms with Gasteiger partial charge in [-0.2, -0.15) is 0 Å². The SMILES string of the molecule is COc1cccc(CNC(=O)C(C)N2CCC(COc3ccccn3)CC2)c1. The molecule has 1 fully saturated rings. The van der Waals surface area contributed by atoms with Crippen molar-refractivity contribution in [3.05, 3.63) is 54.2 Å². The maximum atomic E-state index is 12.5. The highest BCUT2D eigenvalue weighted by Crippen LogP contribution is 2.20. The van der Waals surface area contributed by atoms with Gasteiger partial charge in [0, 0.05) is 18.8 Å². The van der Waals surface area contributed by atoms with Crippen molar-refractivity contribution in [3.63, 3.8) is 0 Å². The number of aromatic nitrogens is 1. The molecule has 1 aliphatic heterocycles. The number of ether oxygens (including phenoxy) is 2. The second kappa shape index (κ2) is 10.1. The van der Waals surface area contributed by atoms with Gasteiger partial charge in [0.1, 0.15) is 5.75 Å². The summed E-state index contributed by atoms with van der Waals surface area (Å²) in [5.74, 6) is 2.04. The fourth-order valence-corrected chi connectivity index (χ4v) is 3.43. The number of likely N-dealkylation sites (tertiary alicyclic amines) is 1. The van der Waals surface area contributed by atoms with Crippen LogP contribution in [0.15, 0.2) is 48.7 Å². The van der Waals surface area contributed by atoms with E-state index in [2.05, 4.69) is 15.2 Å². The first kappa shape index (κ1) is 20.1. The van der Waals surface area contributed by atoms with E-state index in [9.17, 15) is 4.79 Å². The Hall–Kier alpha value is -2.60. The number of pyridine rings is 1. The van der Waals surface area contributed by atoms with Crippen LogP contribution in [0.1, 0.15) is 25.3 Å². The van der Waals surface area contributed by atoms with Crippen molar-refractivity contribution in [2.75, 3.05) is 26.8 Å². The lowest BCUT2D eigenvalue weighted by Gasteiger charge is -2.35. The molecule has 3 rings (SSSR count). The van der Waals surface area contributed by atoms with Crippen LogP contribution in [0.5, 0.6) is 11.6 Å². The van der Waals surface area contributed by atoms with Crippen LogP contribution in [0.4, 0.5) is 0 Å². The van der Waals surface area contributed by atoms with E-state index in [0.29, 0.717) is 24.9 Å². The van der Waals surface area contributed by atoms with Gasteiger partial charge in [0.05, 0.1) is 19.8 Å². The number of benzene rings is 1. The molecule has 1 aromatic carbocycles. The second-order valence-electron chi connectivity index (χ2n) is 7.20. The fourth-order valence-electron chi connectivity index (χ4n) is 3.43. The molecule has 0 saturated carbocycles. The van der Waals surface area contributed by atoms with Gasteiger partial charge in [-0.25, -0.2) is 4.98 Å². The molecule has 0 bridgehead atoms. The number of amides is 1. The van der Waals surface area contributed by atoms with Crippen molar-refractivity contribution in [2.45, 2.75) is 32.4 Å². The van der Waals surface area contributed by atoms with E-state index in [1.807, 2.05) is 49.4 Å². The Morgan fingerprint density at radius 3 is 2.79 bits per heavy atom. The topological polar surface area (TPSA) is 63.7 Å². The van der Waals surface area contributed by atoms with Crippen LogP contribution >= 0.6 is 0 Å². The lowest BCUT2D eigenvalue weighted by molar-refractivity contribution is -0.126. The minimum Gasteiger partial charge on any atom is -0.497 e. The predicted molar refractivity (Wildman–Crippen MR) is 108 cm³/mol. The smallest absolute Gasteiger partial charge is 0.237 e. The lowest BCUT2D eigenvalue weighted by atomic mass is 9.96. The van der Waals surface area contributed by atoms with Crippen LogP contribution in [0.25, 0.3) is 0 Å². The van der Waals surface area contributed by atoms with Gasteiger partial charge in [-0.1, -0.05) is 18.2 Å². The maximum absolute atomic E-state index is 12.5. The maximum Gasteiger partial charge on any atom is 0.237 e. The van der Waals surface area contributed by atoms with Crippen molar-refractivity contribution >= 4 is 5.91 Å². The highest BCUT2D eigenvalue weighted by Gasteiger charge is 2.26. The van der Waals surface area contributed by atoms with E-state index in [0.717, 1.165) is 37.2 Å². The summed E-state index contributed by atoms with van der Waals surface area (Å²) in [7, 11) is 1.64. The molecule has 6 heteroatoms. The summed E-state index contributed by atoms with van der Waals surface area (Å²) in [4.78, 5) is 19.0. The van der Waals surface area contributed by atoms with E-state index in [4.69, 9.17) is 9.47 Å². The third-order valence-electron chi connectivity index (χ3n) is 5.28. The van der Waals surface area contributed by atoms with Gasteiger partial charge in [0.25, 0.3) is 0 Å². The summed E-state index contributed by atoms with van der Waals surface area (Å²) in [5, 5.41) is 3.04. The van der Waals surface area contributed by atoms with Crippen LogP contribution in [0.3, 0.4) is 0 Å². The van der Waals surface area contributed by atoms with Crippen molar-refractivity contribution in [2.24, 2.45) is 5.92 Å². The first-order chi connectivity index (χ1) is 13.7. The second-order valence-corrected chi connectivity index (χ2v) is 7.20. The number of carbonyl (C=O) groups excluding carboxylic acids is 1. The first-order valence-electron chi connectivity index (χ1n) is 9.84. The molecule has 0 spiro atoms. The van der Waals surface area contributed by atoms with Crippen molar-refractivity contribution in [1.29, 1.82) is 0 Å². The largest absolute Gasteiger partial charge is 0.497 e. The molecule has 0 aliphatic carbocycles. The van der Waals surface area contributed by atoms with Crippen molar-refractivity contribution < 1.29 is 14.3 Å². The van der Waals surface area contributed by atoms with Crippen LogP contribution in [0.2, 0.25) is 0 Å². The number of nitrogens with one attached hydrogen (secondary N) is 1. The van der Waals surface area contributed by atoms with Crippen LogP contribution in [0, 0.1) is 5.92 Å². The molecule has 1 saturated heterocycles. The third kappa shape index (κ3) is 5.70. The molecule has 6 nitrogen and oxygen atoms in total.